The zero-order chi connectivity index (χ0) is 14.1. The van der Waals surface area contributed by atoms with Gasteiger partial charge in [0.25, 0.3) is 0 Å². The van der Waals surface area contributed by atoms with E-state index in [1.807, 2.05) is 0 Å². The molecule has 0 radical (unpaired) electrons. The number of nitrogens with two attached hydrogens (primary N) is 1. The first-order chi connectivity index (χ1) is 8.42. The Balaban J connectivity index is 4.55. The SMILES string of the molecule is COCC(N)C(CO)N(CCN(C)C)CC(C)C. The molecule has 110 valence electrons. The Morgan fingerprint density at radius 2 is 1.83 bits per heavy atom. The van der Waals surface area contributed by atoms with Gasteiger partial charge < -0.3 is 20.5 Å². The third kappa shape index (κ3) is 7.28. The summed E-state index contributed by atoms with van der Waals surface area (Å²) in [7, 11) is 5.74. The standard InChI is InChI=1S/C13H31N3O2/c1-11(2)8-16(7-6-15(3)4)13(9-17)12(14)10-18-5/h11-13,17H,6-10,14H2,1-5H3. The number of aliphatic hydroxyl groups excluding tert-OH is 1. The van der Waals surface area contributed by atoms with Crippen LogP contribution in [0.4, 0.5) is 0 Å². The second-order valence-corrected chi connectivity index (χ2v) is 5.56. The molecule has 0 spiro atoms. The van der Waals surface area contributed by atoms with Crippen molar-refractivity contribution in [1.29, 1.82) is 0 Å². The quantitative estimate of drug-likeness (QED) is 0.572. The lowest BCUT2D eigenvalue weighted by atomic mass is 10.1. The van der Waals surface area contributed by atoms with E-state index in [1.165, 1.54) is 0 Å². The van der Waals surface area contributed by atoms with Crippen molar-refractivity contribution in [1.82, 2.24) is 9.80 Å². The molecule has 0 aromatic carbocycles. The number of hydrogen-bond acceptors (Lipinski definition) is 5. The molecule has 0 saturated carbocycles. The van der Waals surface area contributed by atoms with E-state index < -0.39 is 0 Å². The van der Waals surface area contributed by atoms with Gasteiger partial charge in [0.1, 0.15) is 0 Å². The summed E-state index contributed by atoms with van der Waals surface area (Å²) < 4.78 is 5.09. The van der Waals surface area contributed by atoms with Gasteiger partial charge in [-0.3, -0.25) is 4.90 Å². The van der Waals surface area contributed by atoms with Gasteiger partial charge in [0, 0.05) is 32.8 Å². The molecule has 0 aliphatic carbocycles. The maximum Gasteiger partial charge on any atom is 0.0629 e. The van der Waals surface area contributed by atoms with E-state index in [-0.39, 0.29) is 18.7 Å². The van der Waals surface area contributed by atoms with Crippen molar-refractivity contribution in [3.63, 3.8) is 0 Å². The maximum absolute atomic E-state index is 9.58. The third-order valence-electron chi connectivity index (χ3n) is 2.94. The minimum absolute atomic E-state index is 0.0349. The van der Waals surface area contributed by atoms with Crippen LogP contribution in [-0.2, 0) is 4.74 Å². The van der Waals surface area contributed by atoms with Crippen molar-refractivity contribution in [2.24, 2.45) is 11.7 Å². The van der Waals surface area contributed by atoms with Gasteiger partial charge in [-0.15, -0.1) is 0 Å². The largest absolute Gasteiger partial charge is 0.395 e. The predicted molar refractivity (Wildman–Crippen MR) is 75.7 cm³/mol. The second-order valence-electron chi connectivity index (χ2n) is 5.56. The van der Waals surface area contributed by atoms with Crippen molar-refractivity contribution in [3.05, 3.63) is 0 Å². The van der Waals surface area contributed by atoms with Gasteiger partial charge in [-0.05, 0) is 20.0 Å². The topological polar surface area (TPSA) is 62.0 Å². The Morgan fingerprint density at radius 3 is 2.22 bits per heavy atom. The van der Waals surface area contributed by atoms with Gasteiger partial charge in [-0.2, -0.15) is 0 Å². The average molecular weight is 261 g/mol. The van der Waals surface area contributed by atoms with E-state index in [9.17, 15) is 5.11 Å². The lowest BCUT2D eigenvalue weighted by molar-refractivity contribution is 0.0595. The second kappa shape index (κ2) is 9.69. The number of nitrogens with zero attached hydrogens (tertiary/aromatic N) is 2. The van der Waals surface area contributed by atoms with E-state index in [4.69, 9.17) is 10.5 Å². The van der Waals surface area contributed by atoms with Crippen molar-refractivity contribution in [3.8, 4) is 0 Å². The lowest BCUT2D eigenvalue weighted by Gasteiger charge is -2.35. The molecule has 0 aromatic rings. The minimum Gasteiger partial charge on any atom is -0.395 e. The van der Waals surface area contributed by atoms with Crippen LogP contribution in [0.15, 0.2) is 0 Å². The fourth-order valence-electron chi connectivity index (χ4n) is 2.02. The normalized spacial score (nSPS) is 15.7. The van der Waals surface area contributed by atoms with Crippen LogP contribution in [0.5, 0.6) is 0 Å². The highest BCUT2D eigenvalue weighted by Gasteiger charge is 2.24. The molecule has 0 bridgehead atoms. The smallest absolute Gasteiger partial charge is 0.0629 e. The van der Waals surface area contributed by atoms with Crippen LogP contribution >= 0.6 is 0 Å². The fourth-order valence-corrected chi connectivity index (χ4v) is 2.02. The molecular weight excluding hydrogens is 230 g/mol. The summed E-state index contributed by atoms with van der Waals surface area (Å²) in [5, 5.41) is 9.58. The molecule has 0 heterocycles. The Hall–Kier alpha value is -0.200. The Kier molecular flexibility index (Phi) is 9.59. The third-order valence-corrected chi connectivity index (χ3v) is 2.94. The summed E-state index contributed by atoms with van der Waals surface area (Å²) >= 11 is 0. The molecular formula is C13H31N3O2. The molecule has 18 heavy (non-hydrogen) atoms. The highest BCUT2D eigenvalue weighted by atomic mass is 16.5. The summed E-state index contributed by atoms with van der Waals surface area (Å²) in [6.45, 7) is 7.72. The maximum atomic E-state index is 9.58. The van der Waals surface area contributed by atoms with Crippen LogP contribution in [0, 0.1) is 5.92 Å². The first-order valence-corrected chi connectivity index (χ1v) is 6.66. The number of aliphatic hydroxyl groups is 1. The molecule has 0 aliphatic rings. The van der Waals surface area contributed by atoms with Crippen molar-refractivity contribution in [2.75, 3.05) is 54.1 Å². The van der Waals surface area contributed by atoms with Crippen molar-refractivity contribution in [2.45, 2.75) is 25.9 Å². The Labute approximate surface area is 112 Å². The average Bonchev–Trinajstić information content (AvgIpc) is 2.26. The molecule has 0 amide bonds. The Bertz CT molecular complexity index is 201. The summed E-state index contributed by atoms with van der Waals surface area (Å²) in [4.78, 5) is 4.41. The highest BCUT2D eigenvalue weighted by Crippen LogP contribution is 2.08. The van der Waals surface area contributed by atoms with Crippen LogP contribution in [0.1, 0.15) is 13.8 Å². The molecule has 0 aromatic heterocycles. The van der Waals surface area contributed by atoms with Crippen LogP contribution in [-0.4, -0.2) is 81.0 Å². The summed E-state index contributed by atoms with van der Waals surface area (Å²) in [6, 6.07) is -0.187. The predicted octanol–water partition coefficient (Wildman–Crippen LogP) is -0.159. The van der Waals surface area contributed by atoms with E-state index in [2.05, 4.69) is 37.7 Å². The summed E-state index contributed by atoms with van der Waals surface area (Å²) in [5.74, 6) is 0.552. The van der Waals surface area contributed by atoms with Crippen LogP contribution in [0.25, 0.3) is 0 Å². The van der Waals surface area contributed by atoms with Gasteiger partial charge in [0.05, 0.1) is 19.3 Å². The fraction of sp³-hybridized carbons (Fsp3) is 1.00. The molecule has 3 N–H and O–H groups in total. The molecule has 0 rings (SSSR count). The zero-order valence-electron chi connectivity index (χ0n) is 12.6. The molecule has 0 fully saturated rings. The van der Waals surface area contributed by atoms with E-state index in [1.54, 1.807) is 7.11 Å². The molecule has 5 heteroatoms. The zero-order valence-corrected chi connectivity index (χ0v) is 12.6. The molecule has 0 aliphatic heterocycles. The van der Waals surface area contributed by atoms with Crippen LogP contribution in [0.2, 0.25) is 0 Å². The Morgan fingerprint density at radius 1 is 1.22 bits per heavy atom. The van der Waals surface area contributed by atoms with E-state index in [0.717, 1.165) is 19.6 Å². The molecule has 0 saturated heterocycles. The number of likely N-dealkylation sites (N-methyl/N-ethyl adjacent to an activating group) is 1. The van der Waals surface area contributed by atoms with E-state index in [0.29, 0.717) is 12.5 Å². The van der Waals surface area contributed by atoms with Gasteiger partial charge >= 0.3 is 0 Å². The number of rotatable bonds is 10. The van der Waals surface area contributed by atoms with Gasteiger partial charge in [-0.25, -0.2) is 0 Å². The lowest BCUT2D eigenvalue weighted by Crippen LogP contribution is -2.54. The summed E-state index contributed by atoms with van der Waals surface area (Å²) in [6.07, 6.45) is 0. The van der Waals surface area contributed by atoms with Gasteiger partial charge in [-0.1, -0.05) is 13.8 Å². The first kappa shape index (κ1) is 17.8. The van der Waals surface area contributed by atoms with Crippen LogP contribution in [0.3, 0.4) is 0 Å². The molecule has 2 atom stereocenters. The van der Waals surface area contributed by atoms with Crippen molar-refractivity contribution >= 4 is 0 Å². The first-order valence-electron chi connectivity index (χ1n) is 6.66. The summed E-state index contributed by atoms with van der Waals surface area (Å²) in [5.41, 5.74) is 6.08. The highest BCUT2D eigenvalue weighted by molar-refractivity contribution is 4.82. The number of hydrogen-bond donors (Lipinski definition) is 2. The number of ether oxygens (including phenoxy) is 1. The minimum atomic E-state index is -0.152. The molecule has 5 nitrogen and oxygen atoms in total. The van der Waals surface area contributed by atoms with Gasteiger partial charge in [0.15, 0.2) is 0 Å². The van der Waals surface area contributed by atoms with E-state index >= 15 is 0 Å². The monoisotopic (exact) mass is 261 g/mol. The van der Waals surface area contributed by atoms with Crippen LogP contribution < -0.4 is 5.73 Å². The molecule has 2 unspecified atom stereocenters. The van der Waals surface area contributed by atoms with Crippen molar-refractivity contribution < 1.29 is 9.84 Å². The van der Waals surface area contributed by atoms with Gasteiger partial charge in [0.2, 0.25) is 0 Å². The number of methoxy groups -OCH3 is 1.